The van der Waals surface area contributed by atoms with Crippen LogP contribution in [-0.2, 0) is 19.6 Å². The molecule has 134 valence electrons. The summed E-state index contributed by atoms with van der Waals surface area (Å²) in [6.45, 7) is 4.35. The van der Waals surface area contributed by atoms with Crippen LogP contribution in [0, 0.1) is 6.92 Å². The van der Waals surface area contributed by atoms with Gasteiger partial charge >= 0.3 is 5.97 Å². The molecule has 1 aliphatic heterocycles. The van der Waals surface area contributed by atoms with Gasteiger partial charge in [0.15, 0.2) is 0 Å². The molecule has 1 fully saturated rings. The molecule has 2 heterocycles. The van der Waals surface area contributed by atoms with Gasteiger partial charge in [0.2, 0.25) is 5.91 Å². The zero-order chi connectivity index (χ0) is 17.9. The fraction of sp³-hybridized carbons (Fsp3) is 0.600. The number of thiophene rings is 1. The van der Waals surface area contributed by atoms with Gasteiger partial charge in [-0.2, -0.15) is 4.31 Å². The third kappa shape index (κ3) is 3.96. The van der Waals surface area contributed by atoms with Crippen LogP contribution in [0.1, 0.15) is 31.1 Å². The number of carbonyl (C=O) groups is 2. The maximum atomic E-state index is 12.8. The topological polar surface area (TPSA) is 95.0 Å². The van der Waals surface area contributed by atoms with Crippen LogP contribution in [0.25, 0.3) is 0 Å². The average Bonchev–Trinajstić information content (AvgIpc) is 3.16. The Labute approximate surface area is 145 Å². The lowest BCUT2D eigenvalue weighted by atomic mass is 10.2. The fourth-order valence-corrected chi connectivity index (χ4v) is 5.87. The summed E-state index contributed by atoms with van der Waals surface area (Å²) in [6, 6.07) is 2.57. The number of nitrogens with zero attached hydrogens (tertiary/aromatic N) is 2. The average molecular weight is 374 g/mol. The number of hydrogen-bond acceptors (Lipinski definition) is 5. The molecule has 7 nitrogen and oxygen atoms in total. The molecular weight excluding hydrogens is 352 g/mol. The van der Waals surface area contributed by atoms with Gasteiger partial charge < -0.3 is 10.0 Å². The number of sulfonamides is 1. The summed E-state index contributed by atoms with van der Waals surface area (Å²) in [5, 5.41) is 8.79. The van der Waals surface area contributed by atoms with Crippen molar-refractivity contribution < 1.29 is 23.1 Å². The van der Waals surface area contributed by atoms with Crippen molar-refractivity contribution in [3.05, 3.63) is 17.0 Å². The highest BCUT2D eigenvalue weighted by Gasteiger charge is 2.41. The lowest BCUT2D eigenvalue weighted by Gasteiger charge is -2.28. The number of amides is 1. The van der Waals surface area contributed by atoms with Crippen molar-refractivity contribution >= 4 is 33.2 Å². The van der Waals surface area contributed by atoms with E-state index < -0.39 is 22.0 Å². The highest BCUT2D eigenvalue weighted by atomic mass is 32.2. The molecule has 1 aromatic rings. The molecule has 1 amide bonds. The molecule has 24 heavy (non-hydrogen) atoms. The van der Waals surface area contributed by atoms with Gasteiger partial charge in [0.05, 0.1) is 6.42 Å². The maximum Gasteiger partial charge on any atom is 0.305 e. The van der Waals surface area contributed by atoms with E-state index in [0.29, 0.717) is 25.9 Å². The molecule has 1 atom stereocenters. The van der Waals surface area contributed by atoms with E-state index in [-0.39, 0.29) is 23.1 Å². The number of hydrogen-bond donors (Lipinski definition) is 1. The van der Waals surface area contributed by atoms with Gasteiger partial charge in [-0.05, 0) is 38.8 Å². The zero-order valence-electron chi connectivity index (χ0n) is 13.8. The molecule has 2 rings (SSSR count). The standard InChI is InChI=1S/C15H22N2O5S2/c1-3-16(10-8-13(18)19)15(20)12-5-4-9-17(12)24(21,22)14-7-6-11(2)23-14/h6-7,12H,3-5,8-10H2,1-2H3,(H,18,19). The smallest absolute Gasteiger partial charge is 0.305 e. The lowest BCUT2D eigenvalue weighted by Crippen LogP contribution is -2.48. The maximum absolute atomic E-state index is 12.8. The first-order valence-corrected chi connectivity index (χ1v) is 10.1. The Morgan fingerprint density at radius 1 is 1.42 bits per heavy atom. The van der Waals surface area contributed by atoms with Crippen molar-refractivity contribution in [2.45, 2.75) is 43.4 Å². The Morgan fingerprint density at radius 2 is 2.12 bits per heavy atom. The number of rotatable bonds is 7. The summed E-state index contributed by atoms with van der Waals surface area (Å²) < 4.78 is 27.1. The summed E-state index contributed by atoms with van der Waals surface area (Å²) in [4.78, 5) is 25.8. The van der Waals surface area contributed by atoms with Gasteiger partial charge in [0.1, 0.15) is 10.3 Å². The Kier molecular flexibility index (Phi) is 6.00. The van der Waals surface area contributed by atoms with E-state index in [1.54, 1.807) is 19.1 Å². The van der Waals surface area contributed by atoms with Crippen molar-refractivity contribution in [2.24, 2.45) is 0 Å². The molecule has 0 bridgehead atoms. The highest BCUT2D eigenvalue weighted by Crippen LogP contribution is 2.30. The van der Waals surface area contributed by atoms with Crippen LogP contribution in [0.2, 0.25) is 0 Å². The van der Waals surface area contributed by atoms with Crippen LogP contribution in [0.5, 0.6) is 0 Å². The number of aryl methyl sites for hydroxylation is 1. The SMILES string of the molecule is CCN(CCC(=O)O)C(=O)C1CCCN1S(=O)(=O)c1ccc(C)s1. The Morgan fingerprint density at radius 3 is 2.67 bits per heavy atom. The van der Waals surface area contributed by atoms with Crippen LogP contribution in [0.3, 0.4) is 0 Å². The van der Waals surface area contributed by atoms with Crippen molar-refractivity contribution in [3.8, 4) is 0 Å². The number of carboxylic acids is 1. The Hall–Kier alpha value is -1.45. The minimum absolute atomic E-state index is 0.0904. The van der Waals surface area contributed by atoms with Gasteiger partial charge in [0.25, 0.3) is 10.0 Å². The third-order valence-corrected chi connectivity index (χ3v) is 7.43. The van der Waals surface area contributed by atoms with Crippen LogP contribution >= 0.6 is 11.3 Å². The second-order valence-corrected chi connectivity index (χ2v) is 9.11. The normalized spacial score (nSPS) is 18.7. The lowest BCUT2D eigenvalue weighted by molar-refractivity contribution is -0.139. The number of aliphatic carboxylic acids is 1. The zero-order valence-corrected chi connectivity index (χ0v) is 15.4. The summed E-state index contributed by atoms with van der Waals surface area (Å²) in [5.41, 5.74) is 0. The summed E-state index contributed by atoms with van der Waals surface area (Å²) in [6.07, 6.45) is 0.936. The summed E-state index contributed by atoms with van der Waals surface area (Å²) in [7, 11) is -3.70. The van der Waals surface area contributed by atoms with Crippen LogP contribution in [0.15, 0.2) is 16.3 Å². The quantitative estimate of drug-likeness (QED) is 0.781. The number of likely N-dealkylation sites (N-methyl/N-ethyl adjacent to an activating group) is 1. The minimum Gasteiger partial charge on any atom is -0.481 e. The Balaban J connectivity index is 2.20. The van der Waals surface area contributed by atoms with Gasteiger partial charge in [0, 0.05) is 24.5 Å². The molecule has 0 radical (unpaired) electrons. The molecular formula is C15H22N2O5S2. The van der Waals surface area contributed by atoms with Gasteiger partial charge in [-0.3, -0.25) is 9.59 Å². The van der Waals surface area contributed by atoms with Gasteiger partial charge in [-0.25, -0.2) is 8.42 Å². The molecule has 0 saturated carbocycles. The van der Waals surface area contributed by atoms with E-state index in [9.17, 15) is 18.0 Å². The first-order valence-electron chi connectivity index (χ1n) is 7.86. The predicted octanol–water partition coefficient (Wildman–Crippen LogP) is 1.53. The first-order chi connectivity index (χ1) is 11.3. The number of carboxylic acid groups (broad SMARTS) is 1. The molecule has 1 aromatic heterocycles. The molecule has 0 spiro atoms. The van der Waals surface area contributed by atoms with Crippen molar-refractivity contribution in [1.82, 2.24) is 9.21 Å². The van der Waals surface area contributed by atoms with Crippen molar-refractivity contribution in [1.29, 1.82) is 0 Å². The van der Waals surface area contributed by atoms with Gasteiger partial charge in [-0.15, -0.1) is 11.3 Å². The molecule has 9 heteroatoms. The van der Waals surface area contributed by atoms with Crippen LogP contribution in [0.4, 0.5) is 0 Å². The summed E-state index contributed by atoms with van der Waals surface area (Å²) in [5.74, 6) is -1.29. The van der Waals surface area contributed by atoms with Gasteiger partial charge in [-0.1, -0.05) is 0 Å². The van der Waals surface area contributed by atoms with E-state index in [4.69, 9.17) is 5.11 Å². The van der Waals surface area contributed by atoms with E-state index >= 15 is 0 Å². The molecule has 1 aliphatic rings. The molecule has 1 N–H and O–H groups in total. The Bertz CT molecular complexity index is 713. The minimum atomic E-state index is -3.70. The summed E-state index contributed by atoms with van der Waals surface area (Å²) >= 11 is 1.19. The molecule has 1 unspecified atom stereocenters. The largest absolute Gasteiger partial charge is 0.481 e. The second-order valence-electron chi connectivity index (χ2n) is 5.70. The van der Waals surface area contributed by atoms with Crippen LogP contribution in [-0.4, -0.2) is 60.3 Å². The molecule has 0 aliphatic carbocycles. The van der Waals surface area contributed by atoms with E-state index in [0.717, 1.165) is 4.88 Å². The third-order valence-electron chi connectivity index (χ3n) is 4.06. The fourth-order valence-electron chi connectivity index (χ4n) is 2.81. The highest BCUT2D eigenvalue weighted by molar-refractivity contribution is 7.91. The van der Waals surface area contributed by atoms with E-state index in [2.05, 4.69) is 0 Å². The predicted molar refractivity (Wildman–Crippen MR) is 90.5 cm³/mol. The van der Waals surface area contributed by atoms with E-state index in [1.165, 1.54) is 20.5 Å². The second kappa shape index (κ2) is 7.62. The molecule has 1 saturated heterocycles. The first kappa shape index (κ1) is 18.9. The molecule has 0 aromatic carbocycles. The van der Waals surface area contributed by atoms with E-state index in [1.807, 2.05) is 6.92 Å². The van der Waals surface area contributed by atoms with Crippen molar-refractivity contribution in [3.63, 3.8) is 0 Å². The van der Waals surface area contributed by atoms with Crippen molar-refractivity contribution in [2.75, 3.05) is 19.6 Å². The number of carbonyl (C=O) groups excluding carboxylic acids is 1. The van der Waals surface area contributed by atoms with Crippen LogP contribution < -0.4 is 0 Å². The monoisotopic (exact) mass is 374 g/mol.